The molecule has 1 rings (SSSR count). The van der Waals surface area contributed by atoms with Crippen molar-refractivity contribution in [2.45, 2.75) is 19.4 Å². The molecule has 0 saturated carbocycles. The number of rotatable bonds is 5. The minimum absolute atomic E-state index is 0.196. The van der Waals surface area contributed by atoms with Crippen LogP contribution in [0.1, 0.15) is 13.8 Å². The second-order valence-corrected chi connectivity index (χ2v) is 4.26. The molecule has 1 aromatic rings. The molecule has 0 aliphatic carbocycles. The first-order valence-corrected chi connectivity index (χ1v) is 5.66. The number of aliphatic hydroxyl groups is 1. The molecule has 0 fully saturated rings. The van der Waals surface area contributed by atoms with Gasteiger partial charge < -0.3 is 19.9 Å². The Hall–Kier alpha value is -2.08. The van der Waals surface area contributed by atoms with E-state index in [1.54, 1.807) is 24.3 Å². The van der Waals surface area contributed by atoms with Gasteiger partial charge in [-0.25, -0.2) is 4.79 Å². The van der Waals surface area contributed by atoms with E-state index in [0.717, 1.165) is 0 Å². The average Bonchev–Trinajstić information content (AvgIpc) is 2.35. The van der Waals surface area contributed by atoms with E-state index in [1.807, 2.05) is 0 Å². The van der Waals surface area contributed by atoms with Crippen LogP contribution in [0.4, 0.5) is 5.69 Å². The monoisotopic (exact) mass is 267 g/mol. The van der Waals surface area contributed by atoms with Crippen LogP contribution in [0.15, 0.2) is 24.3 Å². The highest BCUT2D eigenvalue weighted by atomic mass is 16.6. The lowest BCUT2D eigenvalue weighted by atomic mass is 10.1. The van der Waals surface area contributed by atoms with Gasteiger partial charge in [0.2, 0.25) is 5.91 Å². The Bertz CT molecular complexity index is 470. The first-order valence-electron chi connectivity index (χ1n) is 5.66. The van der Waals surface area contributed by atoms with Gasteiger partial charge in [0.15, 0.2) is 5.60 Å². The highest BCUT2D eigenvalue weighted by Gasteiger charge is 2.32. The molecule has 0 aromatic heterocycles. The van der Waals surface area contributed by atoms with Crippen molar-refractivity contribution in [3.8, 4) is 5.75 Å². The standard InChI is InChI=1S/C13H17NO5/c1-9(15)14-10-5-4-6-11(7-10)19-8-13(2,17)12(16)18-3/h4-7,17H,8H2,1-3H3,(H,14,15). The predicted octanol–water partition coefficient (Wildman–Crippen LogP) is 0.948. The van der Waals surface area contributed by atoms with E-state index in [-0.39, 0.29) is 12.5 Å². The van der Waals surface area contributed by atoms with Crippen molar-refractivity contribution in [2.75, 3.05) is 19.0 Å². The zero-order valence-corrected chi connectivity index (χ0v) is 11.1. The van der Waals surface area contributed by atoms with Crippen LogP contribution in [0.25, 0.3) is 0 Å². The first kappa shape index (κ1) is 15.0. The maximum Gasteiger partial charge on any atom is 0.341 e. The van der Waals surface area contributed by atoms with E-state index < -0.39 is 11.6 Å². The molecule has 19 heavy (non-hydrogen) atoms. The average molecular weight is 267 g/mol. The zero-order valence-electron chi connectivity index (χ0n) is 11.1. The molecule has 0 radical (unpaired) electrons. The zero-order chi connectivity index (χ0) is 14.5. The van der Waals surface area contributed by atoms with Crippen LogP contribution in [0, 0.1) is 0 Å². The molecule has 1 atom stereocenters. The summed E-state index contributed by atoms with van der Waals surface area (Å²) in [6, 6.07) is 6.63. The third kappa shape index (κ3) is 4.59. The Morgan fingerprint density at radius 1 is 1.42 bits per heavy atom. The van der Waals surface area contributed by atoms with Gasteiger partial charge in [-0.2, -0.15) is 0 Å². The third-order valence-electron chi connectivity index (χ3n) is 2.30. The summed E-state index contributed by atoms with van der Waals surface area (Å²) in [5, 5.41) is 12.4. The molecule has 1 amide bonds. The van der Waals surface area contributed by atoms with E-state index in [0.29, 0.717) is 11.4 Å². The minimum atomic E-state index is -1.72. The smallest absolute Gasteiger partial charge is 0.341 e. The summed E-state index contributed by atoms with van der Waals surface area (Å²) in [6.45, 7) is 2.45. The number of nitrogens with one attached hydrogen (secondary N) is 1. The summed E-state index contributed by atoms with van der Waals surface area (Å²) < 4.78 is 9.77. The maximum absolute atomic E-state index is 11.3. The normalized spacial score (nSPS) is 13.3. The molecule has 0 aliphatic heterocycles. The van der Waals surface area contributed by atoms with Crippen molar-refractivity contribution in [1.29, 1.82) is 0 Å². The van der Waals surface area contributed by atoms with Crippen LogP contribution in [0.2, 0.25) is 0 Å². The molecule has 0 saturated heterocycles. The van der Waals surface area contributed by atoms with Gasteiger partial charge in [0, 0.05) is 18.7 Å². The van der Waals surface area contributed by atoms with Crippen molar-refractivity contribution in [3.63, 3.8) is 0 Å². The summed E-state index contributed by atoms with van der Waals surface area (Å²) >= 11 is 0. The maximum atomic E-state index is 11.3. The van der Waals surface area contributed by atoms with Crippen LogP contribution >= 0.6 is 0 Å². The number of hydrogen-bond donors (Lipinski definition) is 2. The lowest BCUT2D eigenvalue weighted by Crippen LogP contribution is -2.42. The van der Waals surface area contributed by atoms with Gasteiger partial charge >= 0.3 is 5.97 Å². The Balaban J connectivity index is 2.67. The van der Waals surface area contributed by atoms with Crippen molar-refractivity contribution >= 4 is 17.6 Å². The molecule has 6 heteroatoms. The Labute approximate surface area is 111 Å². The quantitative estimate of drug-likeness (QED) is 0.776. The molecular weight excluding hydrogens is 250 g/mol. The van der Waals surface area contributed by atoms with Crippen LogP contribution in [-0.2, 0) is 14.3 Å². The van der Waals surface area contributed by atoms with Crippen LogP contribution < -0.4 is 10.1 Å². The molecule has 6 nitrogen and oxygen atoms in total. The number of benzene rings is 1. The van der Waals surface area contributed by atoms with Gasteiger partial charge in [-0.1, -0.05) is 6.07 Å². The van der Waals surface area contributed by atoms with Crippen LogP contribution in [0.5, 0.6) is 5.75 Å². The molecule has 0 heterocycles. The van der Waals surface area contributed by atoms with Crippen LogP contribution in [-0.4, -0.2) is 36.3 Å². The van der Waals surface area contributed by atoms with Crippen molar-refractivity contribution in [3.05, 3.63) is 24.3 Å². The minimum Gasteiger partial charge on any atom is -0.490 e. The summed E-state index contributed by atoms with van der Waals surface area (Å²) in [5.74, 6) is -0.542. The number of esters is 1. The summed E-state index contributed by atoms with van der Waals surface area (Å²) in [6.07, 6.45) is 0. The number of carbonyl (C=O) groups is 2. The molecule has 104 valence electrons. The lowest BCUT2D eigenvalue weighted by Gasteiger charge is -2.20. The fourth-order valence-electron chi connectivity index (χ4n) is 1.37. The van der Waals surface area contributed by atoms with E-state index in [9.17, 15) is 14.7 Å². The Kier molecular flexibility index (Phi) is 4.88. The number of anilines is 1. The number of carbonyl (C=O) groups excluding carboxylic acids is 2. The fourth-order valence-corrected chi connectivity index (χ4v) is 1.37. The summed E-state index contributed by atoms with van der Waals surface area (Å²) in [7, 11) is 1.19. The van der Waals surface area contributed by atoms with E-state index in [1.165, 1.54) is 21.0 Å². The number of ether oxygens (including phenoxy) is 2. The molecule has 0 bridgehead atoms. The van der Waals surface area contributed by atoms with Gasteiger partial charge in [-0.05, 0) is 19.1 Å². The topological polar surface area (TPSA) is 84.9 Å². The SMILES string of the molecule is COC(=O)C(C)(O)COc1cccc(NC(C)=O)c1. The largest absolute Gasteiger partial charge is 0.490 e. The van der Waals surface area contributed by atoms with Gasteiger partial charge in [0.1, 0.15) is 12.4 Å². The van der Waals surface area contributed by atoms with Gasteiger partial charge in [0.05, 0.1) is 7.11 Å². The summed E-state index contributed by atoms with van der Waals surface area (Å²) in [4.78, 5) is 22.2. The Morgan fingerprint density at radius 3 is 2.68 bits per heavy atom. The van der Waals surface area contributed by atoms with Gasteiger partial charge in [-0.15, -0.1) is 0 Å². The van der Waals surface area contributed by atoms with Crippen molar-refractivity contribution < 1.29 is 24.2 Å². The molecule has 1 aromatic carbocycles. The molecule has 0 spiro atoms. The predicted molar refractivity (Wildman–Crippen MR) is 68.9 cm³/mol. The van der Waals surface area contributed by atoms with E-state index in [4.69, 9.17) is 4.74 Å². The van der Waals surface area contributed by atoms with Gasteiger partial charge in [0.25, 0.3) is 0 Å². The molecular formula is C13H17NO5. The second-order valence-electron chi connectivity index (χ2n) is 4.26. The molecule has 2 N–H and O–H groups in total. The third-order valence-corrected chi connectivity index (χ3v) is 2.30. The lowest BCUT2D eigenvalue weighted by molar-refractivity contribution is -0.163. The van der Waals surface area contributed by atoms with Crippen LogP contribution in [0.3, 0.4) is 0 Å². The highest BCUT2D eigenvalue weighted by Crippen LogP contribution is 2.19. The second kappa shape index (κ2) is 6.19. The fraction of sp³-hybridized carbons (Fsp3) is 0.385. The number of amides is 1. The van der Waals surface area contributed by atoms with Gasteiger partial charge in [-0.3, -0.25) is 4.79 Å². The van der Waals surface area contributed by atoms with E-state index in [2.05, 4.69) is 10.1 Å². The highest BCUT2D eigenvalue weighted by molar-refractivity contribution is 5.88. The Morgan fingerprint density at radius 2 is 2.11 bits per heavy atom. The summed E-state index contributed by atoms with van der Waals surface area (Å²) in [5.41, 5.74) is -1.15. The molecule has 1 unspecified atom stereocenters. The molecule has 0 aliphatic rings. The first-order chi connectivity index (χ1) is 8.85. The van der Waals surface area contributed by atoms with Crippen molar-refractivity contribution in [1.82, 2.24) is 0 Å². The number of hydrogen-bond acceptors (Lipinski definition) is 5. The van der Waals surface area contributed by atoms with Crippen molar-refractivity contribution in [2.24, 2.45) is 0 Å². The number of methoxy groups -OCH3 is 1. The van der Waals surface area contributed by atoms with E-state index >= 15 is 0 Å².